The molecule has 0 aliphatic rings. The van der Waals surface area contributed by atoms with Crippen LogP contribution in [0.1, 0.15) is 26.7 Å². The first-order valence-corrected chi connectivity index (χ1v) is 4.17. The van der Waals surface area contributed by atoms with Crippen molar-refractivity contribution in [1.82, 2.24) is 4.90 Å². The van der Waals surface area contributed by atoms with Gasteiger partial charge in [0.05, 0.1) is 0 Å². The number of hydrogen-bond donors (Lipinski definition) is 4. The molecule has 0 spiro atoms. The van der Waals surface area contributed by atoms with Gasteiger partial charge in [0.15, 0.2) is 0 Å². The lowest BCUT2D eigenvalue weighted by Gasteiger charge is -2.44. The normalized spacial score (nSPS) is 14.0. The van der Waals surface area contributed by atoms with Crippen molar-refractivity contribution < 1.29 is 0 Å². The summed E-state index contributed by atoms with van der Waals surface area (Å²) < 4.78 is 0. The van der Waals surface area contributed by atoms with Gasteiger partial charge in [0.25, 0.3) is 0 Å². The molecule has 0 fully saturated rings. The second-order valence-electron chi connectivity index (χ2n) is 3.25. The van der Waals surface area contributed by atoms with E-state index in [1.807, 2.05) is 13.8 Å². The maximum absolute atomic E-state index is 5.76. The maximum atomic E-state index is 5.76. The largest absolute Gasteiger partial charge is 0.301 e. The number of nitrogens with zero attached hydrogens (tertiary/aromatic N) is 1. The Morgan fingerprint density at radius 2 is 1.17 bits per heavy atom. The fourth-order valence-corrected chi connectivity index (χ4v) is 0.862. The predicted molar refractivity (Wildman–Crippen MR) is 50.6 cm³/mol. The van der Waals surface area contributed by atoms with Gasteiger partial charge in [0, 0.05) is 0 Å². The van der Waals surface area contributed by atoms with Gasteiger partial charge in [-0.05, 0) is 19.9 Å². The van der Waals surface area contributed by atoms with Crippen LogP contribution in [0.2, 0.25) is 0 Å². The molecule has 5 heteroatoms. The third-order valence-corrected chi connectivity index (χ3v) is 2.38. The lowest BCUT2D eigenvalue weighted by molar-refractivity contribution is 0.00760. The van der Waals surface area contributed by atoms with E-state index in [1.165, 1.54) is 0 Å². The van der Waals surface area contributed by atoms with E-state index >= 15 is 0 Å². The number of hydrogen-bond acceptors (Lipinski definition) is 5. The predicted octanol–water partition coefficient (Wildman–Crippen LogP) is -1.12. The van der Waals surface area contributed by atoms with Gasteiger partial charge in [-0.2, -0.15) is 0 Å². The van der Waals surface area contributed by atoms with Crippen molar-refractivity contribution in [1.29, 1.82) is 0 Å². The van der Waals surface area contributed by atoms with Gasteiger partial charge in [-0.25, -0.2) is 4.90 Å². The van der Waals surface area contributed by atoms with Gasteiger partial charge < -0.3 is 22.9 Å². The summed E-state index contributed by atoms with van der Waals surface area (Å²) in [5, 5.41) is 0. The molecule has 0 radical (unpaired) electrons. The van der Waals surface area contributed by atoms with E-state index in [0.717, 1.165) is 0 Å². The summed E-state index contributed by atoms with van der Waals surface area (Å²) in [7, 11) is 1.73. The Hall–Kier alpha value is -0.200. The second-order valence-corrected chi connectivity index (χ2v) is 3.25. The van der Waals surface area contributed by atoms with E-state index in [-0.39, 0.29) is 0 Å². The topological polar surface area (TPSA) is 107 Å². The third kappa shape index (κ3) is 2.40. The van der Waals surface area contributed by atoms with Crippen LogP contribution in [0.4, 0.5) is 0 Å². The van der Waals surface area contributed by atoms with Crippen LogP contribution in [-0.2, 0) is 0 Å². The van der Waals surface area contributed by atoms with Gasteiger partial charge in [-0.1, -0.05) is 13.8 Å². The summed E-state index contributed by atoms with van der Waals surface area (Å²) in [4.78, 5) is 1.60. The highest BCUT2D eigenvalue weighted by Crippen LogP contribution is 2.12. The van der Waals surface area contributed by atoms with Crippen molar-refractivity contribution in [2.75, 3.05) is 7.05 Å². The van der Waals surface area contributed by atoms with E-state index in [2.05, 4.69) is 0 Å². The Bertz CT molecular complexity index is 127. The second kappa shape index (κ2) is 3.68. The van der Waals surface area contributed by atoms with Gasteiger partial charge in [0.1, 0.15) is 11.6 Å². The summed E-state index contributed by atoms with van der Waals surface area (Å²) in [6.07, 6.45) is 1.19. The highest BCUT2D eigenvalue weighted by molar-refractivity contribution is 4.84. The van der Waals surface area contributed by atoms with Crippen LogP contribution in [0, 0.1) is 0 Å². The molecule has 5 nitrogen and oxygen atoms in total. The van der Waals surface area contributed by atoms with E-state index in [9.17, 15) is 0 Å². The lowest BCUT2D eigenvalue weighted by atomic mass is 10.1. The number of nitrogens with two attached hydrogens (primary N) is 4. The SMILES string of the molecule is CCC(N)(N)N(C)C(N)(N)CC. The fraction of sp³-hybridized carbons (Fsp3) is 1.00. The maximum Gasteiger partial charge on any atom is 0.122 e. The van der Waals surface area contributed by atoms with Gasteiger partial charge in [-0.15, -0.1) is 0 Å². The molecule has 0 aromatic rings. The average Bonchev–Trinajstić information content (AvgIpc) is 2.03. The average molecular weight is 175 g/mol. The smallest absolute Gasteiger partial charge is 0.122 e. The highest BCUT2D eigenvalue weighted by Gasteiger charge is 2.34. The minimum atomic E-state index is -0.931. The summed E-state index contributed by atoms with van der Waals surface area (Å²) in [6, 6.07) is 0. The molecule has 0 unspecified atom stereocenters. The monoisotopic (exact) mass is 175 g/mol. The van der Waals surface area contributed by atoms with Crippen LogP contribution >= 0.6 is 0 Å². The van der Waals surface area contributed by atoms with E-state index in [1.54, 1.807) is 11.9 Å². The minimum Gasteiger partial charge on any atom is -0.301 e. The van der Waals surface area contributed by atoms with Gasteiger partial charge >= 0.3 is 0 Å². The van der Waals surface area contributed by atoms with E-state index in [0.29, 0.717) is 12.8 Å². The van der Waals surface area contributed by atoms with Gasteiger partial charge in [0.2, 0.25) is 0 Å². The molecule has 0 aliphatic heterocycles. The molecule has 0 aromatic carbocycles. The Morgan fingerprint density at radius 3 is 1.33 bits per heavy atom. The highest BCUT2D eigenvalue weighted by atomic mass is 15.5. The molecule has 12 heavy (non-hydrogen) atoms. The van der Waals surface area contributed by atoms with Crippen molar-refractivity contribution >= 4 is 0 Å². The Balaban J connectivity index is 4.47. The molecular weight excluding hydrogens is 154 g/mol. The summed E-state index contributed by atoms with van der Waals surface area (Å²) in [6.45, 7) is 3.78. The Labute approximate surface area is 74.0 Å². The molecule has 0 amide bonds. The fourth-order valence-electron chi connectivity index (χ4n) is 0.862. The van der Waals surface area contributed by atoms with Crippen molar-refractivity contribution in [2.24, 2.45) is 22.9 Å². The molecule has 0 bridgehead atoms. The molecule has 74 valence electrons. The summed E-state index contributed by atoms with van der Waals surface area (Å²) in [5.74, 6) is -1.86. The quantitative estimate of drug-likeness (QED) is 0.405. The zero-order chi connectivity index (χ0) is 9.99. The Kier molecular flexibility index (Phi) is 3.61. The standard InChI is InChI=1S/C7H21N5/c1-4-6(8,9)12(3)7(10,11)5-2/h4-5,8-11H2,1-3H3. The molecule has 0 heterocycles. The zero-order valence-electron chi connectivity index (χ0n) is 8.17. The first-order chi connectivity index (χ1) is 5.28. The van der Waals surface area contributed by atoms with Crippen LogP contribution in [0.15, 0.2) is 0 Å². The van der Waals surface area contributed by atoms with Crippen molar-refractivity contribution in [2.45, 2.75) is 38.3 Å². The van der Waals surface area contributed by atoms with Crippen LogP contribution in [0.25, 0.3) is 0 Å². The molecule has 0 atom stereocenters. The third-order valence-electron chi connectivity index (χ3n) is 2.38. The van der Waals surface area contributed by atoms with Crippen molar-refractivity contribution in [3.8, 4) is 0 Å². The van der Waals surface area contributed by atoms with Crippen LogP contribution in [0.5, 0.6) is 0 Å². The molecular formula is C7H21N5. The summed E-state index contributed by atoms with van der Waals surface area (Å²) in [5.41, 5.74) is 23.1. The van der Waals surface area contributed by atoms with E-state index < -0.39 is 11.6 Å². The lowest BCUT2D eigenvalue weighted by Crippen LogP contribution is -2.74. The van der Waals surface area contributed by atoms with Crippen LogP contribution in [-0.4, -0.2) is 23.5 Å². The zero-order valence-corrected chi connectivity index (χ0v) is 8.17. The first-order valence-electron chi connectivity index (χ1n) is 4.17. The van der Waals surface area contributed by atoms with Crippen molar-refractivity contribution in [3.05, 3.63) is 0 Å². The molecule has 0 rings (SSSR count). The molecule has 8 N–H and O–H groups in total. The molecule has 0 aromatic heterocycles. The van der Waals surface area contributed by atoms with Gasteiger partial charge in [-0.3, -0.25) is 0 Å². The Morgan fingerprint density at radius 1 is 0.917 bits per heavy atom. The first kappa shape index (κ1) is 11.8. The van der Waals surface area contributed by atoms with Crippen LogP contribution < -0.4 is 22.9 Å². The van der Waals surface area contributed by atoms with Crippen molar-refractivity contribution in [3.63, 3.8) is 0 Å². The van der Waals surface area contributed by atoms with Crippen LogP contribution in [0.3, 0.4) is 0 Å². The molecule has 0 aliphatic carbocycles. The molecule has 0 saturated carbocycles. The minimum absolute atomic E-state index is 0.597. The number of rotatable bonds is 4. The molecule has 0 saturated heterocycles. The summed E-state index contributed by atoms with van der Waals surface area (Å²) >= 11 is 0. The van der Waals surface area contributed by atoms with E-state index in [4.69, 9.17) is 22.9 Å².